The first-order valence-electron chi connectivity index (χ1n) is 8.18. The van der Waals surface area contributed by atoms with Crippen LogP contribution in [0.4, 0.5) is 0 Å². The fourth-order valence-electron chi connectivity index (χ4n) is 2.84. The topological polar surface area (TPSA) is 71.1 Å². The minimum Gasteiger partial charge on any atom is -0.352 e. The Morgan fingerprint density at radius 3 is 2.65 bits per heavy atom. The molecule has 5 nitrogen and oxygen atoms in total. The van der Waals surface area contributed by atoms with Gasteiger partial charge in [0.1, 0.15) is 11.7 Å². The molecule has 0 spiro atoms. The normalized spacial score (nSPS) is 16.3. The van der Waals surface area contributed by atoms with Crippen LogP contribution >= 0.6 is 11.6 Å². The summed E-state index contributed by atoms with van der Waals surface area (Å²) in [6, 6.07) is 2.79. The van der Waals surface area contributed by atoms with Crippen LogP contribution in [0.2, 0.25) is 5.02 Å². The first-order valence-corrected chi connectivity index (χ1v) is 8.56. The largest absolute Gasteiger partial charge is 0.352 e. The molecule has 0 bridgehead atoms. The summed E-state index contributed by atoms with van der Waals surface area (Å²) in [5.74, 6) is -0.192. The van der Waals surface area contributed by atoms with Crippen molar-refractivity contribution in [1.29, 1.82) is 0 Å². The van der Waals surface area contributed by atoms with Crippen LogP contribution in [0.1, 0.15) is 56.4 Å². The standard InChI is InChI=1S/C17H24ClN3O2/c1-11(2)9-15(17(23)20-13-5-3-4-6-13)21-16(22)14-10-12(18)7-8-19-14/h7-8,10-11,13,15H,3-6,9H2,1-2H3,(H,20,23)(H,21,22)/t15-/m1/s1. The molecule has 1 heterocycles. The molecule has 2 amide bonds. The Balaban J connectivity index is 2.02. The predicted molar refractivity (Wildman–Crippen MR) is 90.4 cm³/mol. The Morgan fingerprint density at radius 1 is 1.35 bits per heavy atom. The Morgan fingerprint density at radius 2 is 2.04 bits per heavy atom. The van der Waals surface area contributed by atoms with E-state index in [2.05, 4.69) is 15.6 Å². The lowest BCUT2D eigenvalue weighted by atomic mass is 10.0. The molecule has 0 saturated heterocycles. The second-order valence-corrected chi connectivity index (χ2v) is 6.94. The minimum atomic E-state index is -0.552. The van der Waals surface area contributed by atoms with Crippen LogP contribution < -0.4 is 10.6 Å². The molecule has 1 aliphatic rings. The summed E-state index contributed by atoms with van der Waals surface area (Å²) in [6.07, 6.45) is 6.41. The highest BCUT2D eigenvalue weighted by Crippen LogP contribution is 2.18. The number of carbonyl (C=O) groups is 2. The van der Waals surface area contributed by atoms with Gasteiger partial charge in [-0.1, -0.05) is 38.3 Å². The van der Waals surface area contributed by atoms with Gasteiger partial charge in [0.05, 0.1) is 0 Å². The number of amides is 2. The second kappa shape index (κ2) is 8.29. The molecular weight excluding hydrogens is 314 g/mol. The predicted octanol–water partition coefficient (Wildman–Crippen LogP) is 2.94. The molecular formula is C17H24ClN3O2. The van der Waals surface area contributed by atoms with Crippen LogP contribution in [-0.2, 0) is 4.79 Å². The van der Waals surface area contributed by atoms with Gasteiger partial charge in [-0.25, -0.2) is 0 Å². The van der Waals surface area contributed by atoms with Crippen molar-refractivity contribution in [2.24, 2.45) is 5.92 Å². The SMILES string of the molecule is CC(C)C[C@@H](NC(=O)c1cc(Cl)ccn1)C(=O)NC1CCCC1. The molecule has 1 aromatic heterocycles. The molecule has 1 aromatic rings. The third-order valence-corrected chi connectivity index (χ3v) is 4.22. The molecule has 0 radical (unpaired) electrons. The number of halogens is 1. The summed E-state index contributed by atoms with van der Waals surface area (Å²) in [6.45, 7) is 4.05. The molecule has 1 saturated carbocycles. The summed E-state index contributed by atoms with van der Waals surface area (Å²) in [7, 11) is 0. The van der Waals surface area contributed by atoms with E-state index in [-0.39, 0.29) is 23.6 Å². The first kappa shape index (κ1) is 17.7. The quantitative estimate of drug-likeness (QED) is 0.838. The van der Waals surface area contributed by atoms with E-state index in [0.717, 1.165) is 25.7 Å². The van der Waals surface area contributed by atoms with E-state index in [9.17, 15) is 9.59 Å². The molecule has 2 N–H and O–H groups in total. The zero-order chi connectivity index (χ0) is 16.8. The number of aromatic nitrogens is 1. The van der Waals surface area contributed by atoms with Crippen LogP contribution in [0, 0.1) is 5.92 Å². The van der Waals surface area contributed by atoms with Gasteiger partial charge in [-0.05, 0) is 37.3 Å². The van der Waals surface area contributed by atoms with E-state index in [0.29, 0.717) is 17.4 Å². The van der Waals surface area contributed by atoms with Crippen molar-refractivity contribution in [3.05, 3.63) is 29.0 Å². The average molecular weight is 338 g/mol. The Labute approximate surface area is 142 Å². The molecule has 2 rings (SSSR count). The molecule has 23 heavy (non-hydrogen) atoms. The van der Waals surface area contributed by atoms with Crippen LogP contribution in [0.15, 0.2) is 18.3 Å². The lowest BCUT2D eigenvalue weighted by molar-refractivity contribution is -0.124. The fraction of sp³-hybridized carbons (Fsp3) is 0.588. The zero-order valence-electron chi connectivity index (χ0n) is 13.6. The maximum atomic E-state index is 12.5. The summed E-state index contributed by atoms with van der Waals surface area (Å²) < 4.78 is 0. The average Bonchev–Trinajstić information content (AvgIpc) is 2.99. The number of hydrogen-bond donors (Lipinski definition) is 2. The zero-order valence-corrected chi connectivity index (χ0v) is 14.4. The minimum absolute atomic E-state index is 0.110. The number of carbonyl (C=O) groups excluding carboxylic acids is 2. The van der Waals surface area contributed by atoms with E-state index in [1.807, 2.05) is 13.8 Å². The van der Waals surface area contributed by atoms with Crippen molar-refractivity contribution in [2.45, 2.75) is 58.0 Å². The number of pyridine rings is 1. The summed E-state index contributed by atoms with van der Waals surface area (Å²) in [4.78, 5) is 28.8. The lowest BCUT2D eigenvalue weighted by Crippen LogP contribution is -2.49. The summed E-state index contributed by atoms with van der Waals surface area (Å²) in [5, 5.41) is 6.29. The second-order valence-electron chi connectivity index (χ2n) is 6.50. The number of nitrogens with zero attached hydrogens (tertiary/aromatic N) is 1. The van der Waals surface area contributed by atoms with E-state index >= 15 is 0 Å². The third kappa shape index (κ3) is 5.50. The summed E-state index contributed by atoms with van der Waals surface area (Å²) >= 11 is 5.89. The van der Waals surface area contributed by atoms with Crippen LogP contribution in [0.25, 0.3) is 0 Å². The van der Waals surface area contributed by atoms with Crippen molar-refractivity contribution >= 4 is 23.4 Å². The molecule has 126 valence electrons. The Bertz CT molecular complexity index is 557. The monoisotopic (exact) mass is 337 g/mol. The smallest absolute Gasteiger partial charge is 0.270 e. The Kier molecular flexibility index (Phi) is 6.39. The molecule has 1 aliphatic carbocycles. The number of hydrogen-bond acceptors (Lipinski definition) is 3. The number of nitrogens with one attached hydrogen (secondary N) is 2. The highest BCUT2D eigenvalue weighted by molar-refractivity contribution is 6.30. The van der Waals surface area contributed by atoms with Gasteiger partial charge < -0.3 is 10.6 Å². The van der Waals surface area contributed by atoms with Crippen LogP contribution in [0.3, 0.4) is 0 Å². The fourth-order valence-corrected chi connectivity index (χ4v) is 3.00. The van der Waals surface area contributed by atoms with Crippen molar-refractivity contribution in [3.63, 3.8) is 0 Å². The van der Waals surface area contributed by atoms with E-state index in [4.69, 9.17) is 11.6 Å². The first-order chi connectivity index (χ1) is 11.0. The van der Waals surface area contributed by atoms with Gasteiger partial charge in [-0.15, -0.1) is 0 Å². The molecule has 0 unspecified atom stereocenters. The van der Waals surface area contributed by atoms with Crippen molar-refractivity contribution in [3.8, 4) is 0 Å². The van der Waals surface area contributed by atoms with Gasteiger partial charge in [0, 0.05) is 17.3 Å². The van der Waals surface area contributed by atoms with Crippen molar-refractivity contribution in [1.82, 2.24) is 15.6 Å². The van der Waals surface area contributed by atoms with Gasteiger partial charge in [0.15, 0.2) is 0 Å². The van der Waals surface area contributed by atoms with Gasteiger partial charge >= 0.3 is 0 Å². The molecule has 0 aliphatic heterocycles. The molecule has 6 heteroatoms. The van der Waals surface area contributed by atoms with Crippen LogP contribution in [-0.4, -0.2) is 28.9 Å². The van der Waals surface area contributed by atoms with Crippen molar-refractivity contribution in [2.75, 3.05) is 0 Å². The van der Waals surface area contributed by atoms with Gasteiger partial charge in [-0.3, -0.25) is 14.6 Å². The van der Waals surface area contributed by atoms with E-state index in [1.165, 1.54) is 12.3 Å². The van der Waals surface area contributed by atoms with Gasteiger partial charge in [0.25, 0.3) is 5.91 Å². The van der Waals surface area contributed by atoms with E-state index in [1.54, 1.807) is 6.07 Å². The highest BCUT2D eigenvalue weighted by Gasteiger charge is 2.26. The molecule has 0 aromatic carbocycles. The lowest BCUT2D eigenvalue weighted by Gasteiger charge is -2.22. The molecule has 1 atom stereocenters. The highest BCUT2D eigenvalue weighted by atomic mass is 35.5. The van der Waals surface area contributed by atoms with Gasteiger partial charge in [0.2, 0.25) is 5.91 Å². The maximum Gasteiger partial charge on any atom is 0.270 e. The van der Waals surface area contributed by atoms with E-state index < -0.39 is 6.04 Å². The van der Waals surface area contributed by atoms with Crippen LogP contribution in [0.5, 0.6) is 0 Å². The summed E-state index contributed by atoms with van der Waals surface area (Å²) in [5.41, 5.74) is 0.222. The Hall–Kier alpha value is -1.62. The third-order valence-electron chi connectivity index (χ3n) is 3.99. The maximum absolute atomic E-state index is 12.5. The molecule has 1 fully saturated rings. The van der Waals surface area contributed by atoms with Gasteiger partial charge in [-0.2, -0.15) is 0 Å². The number of rotatable bonds is 6. The van der Waals surface area contributed by atoms with Crippen molar-refractivity contribution < 1.29 is 9.59 Å².